The molecule has 0 aliphatic carbocycles. The molecule has 0 fully saturated rings. The lowest BCUT2D eigenvalue weighted by atomic mass is 10.0. The summed E-state index contributed by atoms with van der Waals surface area (Å²) in [6.45, 7) is 2.33. The van der Waals surface area contributed by atoms with Gasteiger partial charge >= 0.3 is 0 Å². The molecule has 0 bridgehead atoms. The Balaban J connectivity index is 1.88. The van der Waals surface area contributed by atoms with E-state index in [9.17, 15) is 9.59 Å². The van der Waals surface area contributed by atoms with E-state index in [1.165, 1.54) is 0 Å². The van der Waals surface area contributed by atoms with Crippen LogP contribution in [-0.2, 0) is 22.6 Å². The van der Waals surface area contributed by atoms with Gasteiger partial charge in [-0.15, -0.1) is 0 Å². The highest BCUT2D eigenvalue weighted by Crippen LogP contribution is 2.19. The van der Waals surface area contributed by atoms with Crippen LogP contribution >= 0.6 is 23.2 Å². The van der Waals surface area contributed by atoms with Crippen molar-refractivity contribution in [3.63, 3.8) is 0 Å². The van der Waals surface area contributed by atoms with Crippen LogP contribution in [0.5, 0.6) is 5.75 Å². The van der Waals surface area contributed by atoms with E-state index < -0.39 is 6.04 Å². The third-order valence-electron chi connectivity index (χ3n) is 5.05. The molecule has 0 saturated carbocycles. The maximum absolute atomic E-state index is 13.4. The highest BCUT2D eigenvalue weighted by molar-refractivity contribution is 6.30. The van der Waals surface area contributed by atoms with Crippen LogP contribution in [0.1, 0.15) is 18.1 Å². The Morgan fingerprint density at radius 3 is 2.30 bits per heavy atom. The molecular formula is C26H26Cl2N2O3. The fourth-order valence-corrected chi connectivity index (χ4v) is 3.72. The molecule has 1 atom stereocenters. The van der Waals surface area contributed by atoms with Crippen molar-refractivity contribution < 1.29 is 14.3 Å². The van der Waals surface area contributed by atoms with Crippen LogP contribution in [-0.4, -0.2) is 35.9 Å². The van der Waals surface area contributed by atoms with E-state index in [4.69, 9.17) is 27.9 Å². The lowest BCUT2D eigenvalue weighted by molar-refractivity contribution is -0.142. The van der Waals surface area contributed by atoms with Gasteiger partial charge < -0.3 is 15.0 Å². The van der Waals surface area contributed by atoms with Crippen LogP contribution in [0.2, 0.25) is 10.0 Å². The highest BCUT2D eigenvalue weighted by atomic mass is 35.5. The summed E-state index contributed by atoms with van der Waals surface area (Å²) in [4.78, 5) is 28.0. The van der Waals surface area contributed by atoms with Crippen molar-refractivity contribution in [3.8, 4) is 5.75 Å². The van der Waals surface area contributed by atoms with E-state index in [-0.39, 0.29) is 25.0 Å². The first-order chi connectivity index (χ1) is 16.0. The average molecular weight is 485 g/mol. The second kappa shape index (κ2) is 12.3. The smallest absolute Gasteiger partial charge is 0.261 e. The van der Waals surface area contributed by atoms with Gasteiger partial charge in [-0.1, -0.05) is 71.7 Å². The second-order valence-electron chi connectivity index (χ2n) is 7.49. The summed E-state index contributed by atoms with van der Waals surface area (Å²) in [6, 6.07) is 23.0. The fraction of sp³-hybridized carbons (Fsp3) is 0.231. The average Bonchev–Trinajstić information content (AvgIpc) is 2.82. The Hall–Kier alpha value is -3.02. The number of halogens is 2. The standard InChI is InChI=1S/C26H26Cl2N2O3/c1-2-29-26(32)24(15-19-7-4-3-5-8-19)30(17-20-11-13-21(27)14-12-20)25(31)18-33-23-10-6-9-22(28)16-23/h3-14,16,24H,2,15,17-18H2,1H3,(H,29,32). The first-order valence-corrected chi connectivity index (χ1v) is 11.5. The maximum Gasteiger partial charge on any atom is 0.261 e. The number of benzene rings is 3. The van der Waals surface area contributed by atoms with Crippen molar-refractivity contribution in [2.45, 2.75) is 25.9 Å². The molecule has 7 heteroatoms. The van der Waals surface area contributed by atoms with Crippen molar-refractivity contribution in [1.82, 2.24) is 10.2 Å². The van der Waals surface area contributed by atoms with E-state index in [1.807, 2.05) is 49.4 Å². The molecule has 3 rings (SSSR count). The molecular weight excluding hydrogens is 459 g/mol. The molecule has 2 amide bonds. The van der Waals surface area contributed by atoms with Gasteiger partial charge in [0.25, 0.3) is 5.91 Å². The molecule has 0 aliphatic heterocycles. The van der Waals surface area contributed by atoms with Crippen molar-refractivity contribution in [2.24, 2.45) is 0 Å². The molecule has 3 aromatic carbocycles. The van der Waals surface area contributed by atoms with Crippen molar-refractivity contribution >= 4 is 35.0 Å². The maximum atomic E-state index is 13.4. The van der Waals surface area contributed by atoms with Gasteiger partial charge in [-0.2, -0.15) is 0 Å². The van der Waals surface area contributed by atoms with E-state index in [2.05, 4.69) is 5.32 Å². The molecule has 1 N–H and O–H groups in total. The van der Waals surface area contributed by atoms with Crippen LogP contribution < -0.4 is 10.1 Å². The summed E-state index contributed by atoms with van der Waals surface area (Å²) in [6.07, 6.45) is 0.378. The number of rotatable bonds is 10. The Bertz CT molecular complexity index is 1060. The molecule has 0 heterocycles. The van der Waals surface area contributed by atoms with Gasteiger partial charge in [0.15, 0.2) is 6.61 Å². The number of carbonyl (C=O) groups excluding carboxylic acids is 2. The van der Waals surface area contributed by atoms with Gasteiger partial charge in [0.1, 0.15) is 11.8 Å². The summed E-state index contributed by atoms with van der Waals surface area (Å²) in [7, 11) is 0. The summed E-state index contributed by atoms with van der Waals surface area (Å²) in [5.74, 6) is -0.0385. The Morgan fingerprint density at radius 1 is 0.909 bits per heavy atom. The van der Waals surface area contributed by atoms with E-state index in [0.717, 1.165) is 11.1 Å². The first kappa shape index (κ1) is 24.6. The van der Waals surface area contributed by atoms with E-state index >= 15 is 0 Å². The molecule has 1 unspecified atom stereocenters. The fourth-order valence-electron chi connectivity index (χ4n) is 3.42. The topological polar surface area (TPSA) is 58.6 Å². The van der Waals surface area contributed by atoms with Crippen LogP contribution in [0.3, 0.4) is 0 Å². The van der Waals surface area contributed by atoms with Gasteiger partial charge in [0.05, 0.1) is 0 Å². The molecule has 0 radical (unpaired) electrons. The van der Waals surface area contributed by atoms with Gasteiger partial charge in [-0.3, -0.25) is 9.59 Å². The van der Waals surface area contributed by atoms with Crippen LogP contribution in [0.15, 0.2) is 78.9 Å². The molecule has 0 aliphatic rings. The van der Waals surface area contributed by atoms with Gasteiger partial charge in [-0.25, -0.2) is 0 Å². The number of hydrogen-bond donors (Lipinski definition) is 1. The lowest BCUT2D eigenvalue weighted by Gasteiger charge is -2.31. The van der Waals surface area contributed by atoms with Crippen molar-refractivity contribution in [2.75, 3.05) is 13.2 Å². The SMILES string of the molecule is CCNC(=O)C(Cc1ccccc1)N(Cc1ccc(Cl)cc1)C(=O)COc1cccc(Cl)c1. The predicted octanol–water partition coefficient (Wildman–Crippen LogP) is 5.15. The number of hydrogen-bond acceptors (Lipinski definition) is 3. The Morgan fingerprint density at radius 2 is 1.64 bits per heavy atom. The highest BCUT2D eigenvalue weighted by Gasteiger charge is 2.30. The quantitative estimate of drug-likeness (QED) is 0.432. The number of nitrogens with one attached hydrogen (secondary N) is 1. The lowest BCUT2D eigenvalue weighted by Crippen LogP contribution is -2.51. The monoisotopic (exact) mass is 484 g/mol. The van der Waals surface area contributed by atoms with Crippen LogP contribution in [0, 0.1) is 0 Å². The summed E-state index contributed by atoms with van der Waals surface area (Å²) < 4.78 is 5.70. The third kappa shape index (κ3) is 7.52. The van der Waals surface area contributed by atoms with Crippen LogP contribution in [0.4, 0.5) is 0 Å². The van der Waals surface area contributed by atoms with Crippen molar-refractivity contribution in [1.29, 1.82) is 0 Å². The molecule has 172 valence electrons. The first-order valence-electron chi connectivity index (χ1n) is 10.7. The number of likely N-dealkylation sites (N-methyl/N-ethyl adjacent to an activating group) is 1. The van der Waals surface area contributed by atoms with Gasteiger partial charge in [-0.05, 0) is 48.4 Å². The Kier molecular flexibility index (Phi) is 9.16. The van der Waals surface area contributed by atoms with Gasteiger partial charge in [0.2, 0.25) is 5.91 Å². The minimum atomic E-state index is -0.710. The predicted molar refractivity (Wildman–Crippen MR) is 132 cm³/mol. The van der Waals surface area contributed by atoms with Crippen LogP contribution in [0.25, 0.3) is 0 Å². The molecule has 0 saturated heterocycles. The third-order valence-corrected chi connectivity index (χ3v) is 5.53. The minimum Gasteiger partial charge on any atom is -0.484 e. The zero-order valence-corrected chi connectivity index (χ0v) is 19.9. The minimum absolute atomic E-state index is 0.216. The summed E-state index contributed by atoms with van der Waals surface area (Å²) in [5, 5.41) is 3.98. The van der Waals surface area contributed by atoms with Gasteiger partial charge in [0, 0.05) is 29.6 Å². The zero-order chi connectivity index (χ0) is 23.6. The summed E-state index contributed by atoms with van der Waals surface area (Å²) in [5.41, 5.74) is 1.82. The Labute approximate surface area is 204 Å². The molecule has 3 aromatic rings. The van der Waals surface area contributed by atoms with E-state index in [0.29, 0.717) is 28.8 Å². The number of nitrogens with zero attached hydrogens (tertiary/aromatic N) is 1. The zero-order valence-electron chi connectivity index (χ0n) is 18.3. The largest absolute Gasteiger partial charge is 0.484 e. The normalized spacial score (nSPS) is 11.5. The number of amides is 2. The molecule has 33 heavy (non-hydrogen) atoms. The second-order valence-corrected chi connectivity index (χ2v) is 8.37. The number of ether oxygens (including phenoxy) is 1. The molecule has 0 spiro atoms. The van der Waals surface area contributed by atoms with E-state index in [1.54, 1.807) is 41.3 Å². The number of carbonyl (C=O) groups is 2. The molecule has 5 nitrogen and oxygen atoms in total. The molecule has 0 aromatic heterocycles. The summed E-state index contributed by atoms with van der Waals surface area (Å²) >= 11 is 12.0. The van der Waals surface area contributed by atoms with Crippen molar-refractivity contribution in [3.05, 3.63) is 100 Å².